The Morgan fingerprint density at radius 2 is 1.55 bits per heavy atom. The maximum Gasteiger partial charge on any atom is 0.273 e. The molecule has 9 nitrogen and oxygen atoms in total. The molecule has 0 saturated heterocycles. The van der Waals surface area contributed by atoms with Gasteiger partial charge in [-0.1, -0.05) is 41.5 Å². The van der Waals surface area contributed by atoms with Crippen LogP contribution in [0, 0.1) is 0 Å². The number of carbonyl (C=O) groups excluding carboxylic acids is 1. The molecule has 1 aliphatic heterocycles. The van der Waals surface area contributed by atoms with Gasteiger partial charge in [0.2, 0.25) is 0 Å². The molecule has 1 aliphatic rings. The first-order valence-electron chi connectivity index (χ1n) is 9.89. The van der Waals surface area contributed by atoms with Gasteiger partial charge in [0.05, 0.1) is 18.8 Å². The summed E-state index contributed by atoms with van der Waals surface area (Å²) in [5.41, 5.74) is 0.503. The maximum atomic E-state index is 11.1. The first-order chi connectivity index (χ1) is 14.2. The zero-order valence-corrected chi connectivity index (χ0v) is 18.8. The topological polar surface area (TPSA) is 113 Å². The Bertz CT molecular complexity index is 672. The van der Waals surface area contributed by atoms with Gasteiger partial charge in [-0.05, 0) is 13.0 Å². The zero-order valence-electron chi connectivity index (χ0n) is 18.8. The van der Waals surface area contributed by atoms with Crippen molar-refractivity contribution >= 4 is 11.7 Å². The molecule has 1 amide bonds. The van der Waals surface area contributed by atoms with Crippen LogP contribution in [0.15, 0.2) is 49.8 Å². The summed E-state index contributed by atoms with van der Waals surface area (Å²) in [5, 5.41) is 5.70. The lowest BCUT2D eigenvalue weighted by Gasteiger charge is -2.20. The van der Waals surface area contributed by atoms with E-state index in [-0.39, 0.29) is 12.1 Å². The molecule has 0 fully saturated rings. The quantitative estimate of drug-likeness (QED) is 0.524. The molecule has 4 rings (SSSR count). The van der Waals surface area contributed by atoms with E-state index in [2.05, 4.69) is 35.6 Å². The van der Waals surface area contributed by atoms with Crippen molar-refractivity contribution in [3.63, 3.8) is 0 Å². The van der Waals surface area contributed by atoms with Crippen molar-refractivity contribution in [3.8, 4) is 0 Å². The fraction of sp³-hybridized carbons (Fsp3) is 0.450. The maximum absolute atomic E-state index is 11.1. The van der Waals surface area contributed by atoms with E-state index in [4.69, 9.17) is 0 Å². The van der Waals surface area contributed by atoms with Crippen LogP contribution >= 0.6 is 0 Å². The lowest BCUT2D eigenvalue weighted by atomic mass is 10.3. The highest BCUT2D eigenvalue weighted by Gasteiger charge is 2.22. The van der Waals surface area contributed by atoms with Crippen LogP contribution in [0.25, 0.3) is 0 Å². The molecule has 3 N–H and O–H groups in total. The Hall–Kier alpha value is -3.23. The van der Waals surface area contributed by atoms with E-state index >= 15 is 0 Å². The highest BCUT2D eigenvalue weighted by Crippen LogP contribution is 2.13. The van der Waals surface area contributed by atoms with Gasteiger partial charge in [0.1, 0.15) is 12.0 Å². The highest BCUT2D eigenvalue weighted by atomic mass is 16.2. The van der Waals surface area contributed by atoms with Crippen LogP contribution in [0.1, 0.15) is 59.0 Å². The normalized spacial score (nSPS) is 12.4. The number of imidazole rings is 2. The van der Waals surface area contributed by atoms with Gasteiger partial charge >= 0.3 is 0 Å². The van der Waals surface area contributed by atoms with E-state index in [9.17, 15) is 4.79 Å². The minimum Gasteiger partial charge on any atom is -0.348 e. The third-order valence-electron chi connectivity index (χ3n) is 2.68. The Labute approximate surface area is 174 Å². The molecule has 3 aromatic rings. The van der Waals surface area contributed by atoms with E-state index in [0.29, 0.717) is 11.5 Å². The molecular weight excluding hydrogens is 368 g/mol. The van der Waals surface area contributed by atoms with Crippen LogP contribution in [0.3, 0.4) is 0 Å². The van der Waals surface area contributed by atoms with Crippen molar-refractivity contribution in [3.05, 3.63) is 55.5 Å². The number of aryl methyl sites for hydroxylation is 1. The predicted octanol–water partition coefficient (Wildman–Crippen LogP) is 3.89. The number of hydrogen-bond acceptors (Lipinski definition) is 6. The van der Waals surface area contributed by atoms with Gasteiger partial charge in [0.15, 0.2) is 5.82 Å². The van der Waals surface area contributed by atoms with E-state index in [0.717, 1.165) is 0 Å². The fourth-order valence-corrected chi connectivity index (χ4v) is 1.67. The van der Waals surface area contributed by atoms with Gasteiger partial charge in [-0.2, -0.15) is 0 Å². The molecule has 0 aliphatic carbocycles. The molecule has 9 heteroatoms. The van der Waals surface area contributed by atoms with Crippen molar-refractivity contribution < 1.29 is 4.79 Å². The van der Waals surface area contributed by atoms with Gasteiger partial charge in [-0.3, -0.25) is 4.79 Å². The highest BCUT2D eigenvalue weighted by molar-refractivity contribution is 5.98. The summed E-state index contributed by atoms with van der Waals surface area (Å²) >= 11 is 0. The van der Waals surface area contributed by atoms with Gasteiger partial charge < -0.3 is 20.2 Å². The summed E-state index contributed by atoms with van der Waals surface area (Å²) in [6, 6.07) is 1.78. The molecule has 1 unspecified atom stereocenters. The average molecular weight is 405 g/mol. The number of carbonyl (C=O) groups is 1. The smallest absolute Gasteiger partial charge is 0.273 e. The predicted molar refractivity (Wildman–Crippen MR) is 118 cm³/mol. The second-order valence-electron chi connectivity index (χ2n) is 4.60. The van der Waals surface area contributed by atoms with E-state index in [1.165, 1.54) is 12.7 Å². The van der Waals surface area contributed by atoms with Crippen molar-refractivity contribution in [1.29, 1.82) is 0 Å². The summed E-state index contributed by atoms with van der Waals surface area (Å²) in [5.74, 6) is 0.519. The number of hydrogen-bond donors (Lipinski definition) is 3. The van der Waals surface area contributed by atoms with Crippen LogP contribution in [-0.4, -0.2) is 41.6 Å². The number of anilines is 1. The largest absolute Gasteiger partial charge is 0.348 e. The van der Waals surface area contributed by atoms with Crippen LogP contribution < -0.4 is 10.6 Å². The lowest BCUT2D eigenvalue weighted by Crippen LogP contribution is -2.42. The molecule has 3 aromatic heterocycles. The Morgan fingerprint density at radius 3 is 1.93 bits per heavy atom. The van der Waals surface area contributed by atoms with E-state index < -0.39 is 0 Å². The minimum absolute atomic E-state index is 0.0432. The molecule has 0 spiro atoms. The third kappa shape index (κ3) is 12.7. The van der Waals surface area contributed by atoms with Crippen molar-refractivity contribution in [2.45, 2.75) is 54.6 Å². The molecule has 0 bridgehead atoms. The molecule has 162 valence electrons. The molecule has 0 aromatic carbocycles. The van der Waals surface area contributed by atoms with Gasteiger partial charge in [0.25, 0.3) is 5.91 Å². The summed E-state index contributed by atoms with van der Waals surface area (Å²) in [7, 11) is 1.94. The van der Waals surface area contributed by atoms with Crippen molar-refractivity contribution in [1.82, 2.24) is 34.8 Å². The Balaban J connectivity index is 0. The first-order valence-corrected chi connectivity index (χ1v) is 9.89. The molecule has 29 heavy (non-hydrogen) atoms. The van der Waals surface area contributed by atoms with Crippen LogP contribution in [0.5, 0.6) is 0 Å². The van der Waals surface area contributed by atoms with Crippen LogP contribution in [-0.2, 0) is 7.05 Å². The fourth-order valence-electron chi connectivity index (χ4n) is 1.67. The second-order valence-corrected chi connectivity index (χ2v) is 4.60. The molecule has 4 heterocycles. The monoisotopic (exact) mass is 404 g/mol. The summed E-state index contributed by atoms with van der Waals surface area (Å²) < 4.78 is 1.89. The summed E-state index contributed by atoms with van der Waals surface area (Å²) in [6.45, 7) is 13.9. The number of H-pyrrole nitrogens is 1. The Morgan fingerprint density at radius 1 is 0.931 bits per heavy atom. The summed E-state index contributed by atoms with van der Waals surface area (Å²) in [6.07, 6.45) is 11.7. The van der Waals surface area contributed by atoms with Crippen molar-refractivity contribution in [2.75, 3.05) is 5.32 Å². The minimum atomic E-state index is -0.108. The molecule has 1 atom stereocenters. The van der Waals surface area contributed by atoms with E-state index in [1.807, 2.05) is 66.3 Å². The zero-order chi connectivity index (χ0) is 22.5. The number of nitrogens with one attached hydrogen (secondary N) is 3. The van der Waals surface area contributed by atoms with Gasteiger partial charge in [0, 0.05) is 31.8 Å². The number of nitrogens with zero attached hydrogens (tertiary/aromatic N) is 5. The Kier molecular flexibility index (Phi) is 18.8. The number of amides is 1. The van der Waals surface area contributed by atoms with Crippen LogP contribution in [0.2, 0.25) is 0 Å². The second kappa shape index (κ2) is 19.5. The number of fused-ring (bicyclic) bond motifs is 1. The number of aromatic amines is 1. The molecule has 0 saturated carbocycles. The van der Waals surface area contributed by atoms with Crippen molar-refractivity contribution in [2.24, 2.45) is 7.05 Å². The molecule has 0 radical (unpaired) electrons. The molecular formula is C20H36N8O. The summed E-state index contributed by atoms with van der Waals surface area (Å²) in [4.78, 5) is 28.9. The lowest BCUT2D eigenvalue weighted by molar-refractivity contribution is 0.0934. The van der Waals surface area contributed by atoms with Gasteiger partial charge in [-0.25, -0.2) is 19.9 Å². The average Bonchev–Trinajstić information content (AvgIpc) is 3.46. The van der Waals surface area contributed by atoms with Crippen LogP contribution in [0.4, 0.5) is 5.82 Å². The standard InChI is InChI=1S/C6H8N4O.C4H6N2.C4H4N2.3C2H6/c1-3-9-5-4(6(11)10-3)7-2-8-5;1-6-3-2-5-4-6;1-2-5-4-6-3-1;3*1-2/h2-3,9H,1H3,(H,7,8)(H,10,11);2-4H,1H3;1-4H;3*1-2H3. The number of aromatic nitrogens is 6. The van der Waals surface area contributed by atoms with Gasteiger partial charge in [-0.15, -0.1) is 0 Å². The first kappa shape index (κ1) is 28.0. The SMILES string of the molecule is CC.CC.CC.CC1NC(=O)c2[nH]cnc2N1.Cn1ccnc1.c1cncnc1. The third-order valence-corrected chi connectivity index (χ3v) is 2.68. The number of rotatable bonds is 0. The van der Waals surface area contributed by atoms with E-state index in [1.54, 1.807) is 31.0 Å².